The average molecular weight is 353 g/mol. The summed E-state index contributed by atoms with van der Waals surface area (Å²) in [6, 6.07) is 0. The molecule has 0 aromatic rings. The van der Waals surface area contributed by atoms with Crippen LogP contribution in [0.5, 0.6) is 0 Å². The SMILES string of the molecule is CC(C)CCCCC(=O)O.[Bi]. The molecule has 0 aliphatic carbocycles. The second kappa shape index (κ2) is 8.45. The first kappa shape index (κ1) is 13.9. The van der Waals surface area contributed by atoms with Crippen molar-refractivity contribution in [2.75, 3.05) is 0 Å². The molecule has 0 aliphatic rings. The van der Waals surface area contributed by atoms with Gasteiger partial charge in [0, 0.05) is 32.6 Å². The minimum Gasteiger partial charge on any atom is -0.481 e. The topological polar surface area (TPSA) is 37.3 Å². The second-order valence-corrected chi connectivity index (χ2v) is 3.03. The maximum Gasteiger partial charge on any atom is 0.303 e. The Labute approximate surface area is 87.5 Å². The molecule has 2 nitrogen and oxygen atoms in total. The molecule has 3 radical (unpaired) electrons. The number of carbonyl (C=O) groups is 1. The van der Waals surface area contributed by atoms with Crippen LogP contribution in [0.15, 0.2) is 0 Å². The smallest absolute Gasteiger partial charge is 0.303 e. The number of unbranched alkanes of at least 4 members (excludes halogenated alkanes) is 1. The predicted octanol–water partition coefficient (Wildman–Crippen LogP) is 1.91. The van der Waals surface area contributed by atoms with Crippen molar-refractivity contribution in [3.63, 3.8) is 0 Å². The predicted molar refractivity (Wildman–Crippen MR) is 46.7 cm³/mol. The summed E-state index contributed by atoms with van der Waals surface area (Å²) in [6.45, 7) is 4.31. The van der Waals surface area contributed by atoms with Crippen molar-refractivity contribution in [3.05, 3.63) is 0 Å². The molecule has 0 atom stereocenters. The van der Waals surface area contributed by atoms with Gasteiger partial charge in [0.15, 0.2) is 0 Å². The van der Waals surface area contributed by atoms with E-state index in [1.165, 1.54) is 0 Å². The minimum absolute atomic E-state index is 0. The largest absolute Gasteiger partial charge is 0.481 e. The first-order valence-corrected chi connectivity index (χ1v) is 3.84. The summed E-state index contributed by atoms with van der Waals surface area (Å²) in [6.07, 6.45) is 3.34. The number of hydrogen-bond acceptors (Lipinski definition) is 1. The fourth-order valence-corrected chi connectivity index (χ4v) is 0.829. The third-order valence-corrected chi connectivity index (χ3v) is 1.42. The zero-order chi connectivity index (χ0) is 7.98. The molecule has 0 amide bonds. The number of aliphatic carboxylic acids is 1. The van der Waals surface area contributed by atoms with Gasteiger partial charge in [-0.1, -0.05) is 26.7 Å². The number of hydrogen-bond donors (Lipinski definition) is 1. The van der Waals surface area contributed by atoms with Gasteiger partial charge in [0.25, 0.3) is 0 Å². The Balaban J connectivity index is 0. The summed E-state index contributed by atoms with van der Waals surface area (Å²) in [4.78, 5) is 10.0. The molecule has 0 rings (SSSR count). The van der Waals surface area contributed by atoms with Gasteiger partial charge in [-0.2, -0.15) is 0 Å². The Bertz CT molecular complexity index is 102. The Morgan fingerprint density at radius 2 is 1.91 bits per heavy atom. The minimum atomic E-state index is -0.677. The van der Waals surface area contributed by atoms with Crippen molar-refractivity contribution in [2.45, 2.75) is 39.5 Å². The van der Waals surface area contributed by atoms with Gasteiger partial charge >= 0.3 is 5.97 Å². The third-order valence-electron chi connectivity index (χ3n) is 1.42. The molecule has 0 aliphatic heterocycles. The molecule has 0 heterocycles. The molecule has 65 valence electrons. The molecule has 3 heteroatoms. The van der Waals surface area contributed by atoms with Gasteiger partial charge in [-0.15, -0.1) is 0 Å². The second-order valence-electron chi connectivity index (χ2n) is 3.03. The first-order chi connectivity index (χ1) is 4.63. The summed E-state index contributed by atoms with van der Waals surface area (Å²) in [5.74, 6) is 0.0255. The van der Waals surface area contributed by atoms with E-state index in [9.17, 15) is 4.79 Å². The molecule has 1 N–H and O–H groups in total. The van der Waals surface area contributed by atoms with Crippen LogP contribution >= 0.6 is 0 Å². The maximum atomic E-state index is 10.0. The normalized spacial score (nSPS) is 9.36. The fraction of sp³-hybridized carbons (Fsp3) is 0.875. The quantitative estimate of drug-likeness (QED) is 0.606. The van der Waals surface area contributed by atoms with Crippen LogP contribution in [0.2, 0.25) is 0 Å². The summed E-state index contributed by atoms with van der Waals surface area (Å²) >= 11 is 0. The van der Waals surface area contributed by atoms with Gasteiger partial charge in [-0.25, -0.2) is 0 Å². The van der Waals surface area contributed by atoms with E-state index >= 15 is 0 Å². The van der Waals surface area contributed by atoms with E-state index in [-0.39, 0.29) is 26.2 Å². The van der Waals surface area contributed by atoms with Gasteiger partial charge in [-0.3, -0.25) is 4.79 Å². The van der Waals surface area contributed by atoms with Gasteiger partial charge in [0.2, 0.25) is 0 Å². The van der Waals surface area contributed by atoms with Crippen LogP contribution < -0.4 is 0 Å². The standard InChI is InChI=1S/C8H16O2.Bi/c1-7(2)5-3-4-6-8(9)10;/h7H,3-6H2,1-2H3,(H,9,10);. The van der Waals surface area contributed by atoms with Gasteiger partial charge < -0.3 is 5.11 Å². The summed E-state index contributed by atoms with van der Waals surface area (Å²) in [5.41, 5.74) is 0. The Morgan fingerprint density at radius 3 is 2.27 bits per heavy atom. The summed E-state index contributed by atoms with van der Waals surface area (Å²) in [5, 5.41) is 8.28. The van der Waals surface area contributed by atoms with Crippen molar-refractivity contribution in [3.8, 4) is 0 Å². The van der Waals surface area contributed by atoms with E-state index in [4.69, 9.17) is 5.11 Å². The molecule has 0 saturated heterocycles. The van der Waals surface area contributed by atoms with Crippen molar-refractivity contribution < 1.29 is 9.90 Å². The van der Waals surface area contributed by atoms with Crippen molar-refractivity contribution in [1.29, 1.82) is 0 Å². The fourth-order valence-electron chi connectivity index (χ4n) is 0.829. The molecule has 0 unspecified atom stereocenters. The van der Waals surface area contributed by atoms with Crippen LogP contribution in [0, 0.1) is 5.92 Å². The van der Waals surface area contributed by atoms with Crippen molar-refractivity contribution in [2.24, 2.45) is 5.92 Å². The molecular formula is C8H16BiO2. The van der Waals surface area contributed by atoms with Crippen molar-refractivity contribution >= 4 is 32.2 Å². The molecule has 0 spiro atoms. The monoisotopic (exact) mass is 353 g/mol. The zero-order valence-electron chi connectivity index (χ0n) is 7.21. The molecule has 0 aromatic heterocycles. The van der Waals surface area contributed by atoms with Crippen molar-refractivity contribution in [1.82, 2.24) is 0 Å². The zero-order valence-corrected chi connectivity index (χ0v) is 10.7. The number of rotatable bonds is 5. The Kier molecular flexibility index (Phi) is 10.7. The third kappa shape index (κ3) is 13.4. The van der Waals surface area contributed by atoms with E-state index in [1.54, 1.807) is 0 Å². The number of carboxylic acids is 1. The molecular weight excluding hydrogens is 337 g/mol. The molecule has 0 aromatic carbocycles. The molecule has 0 saturated carbocycles. The van der Waals surface area contributed by atoms with Crippen LogP contribution in [0.3, 0.4) is 0 Å². The van der Waals surface area contributed by atoms with Gasteiger partial charge in [-0.05, 0) is 12.3 Å². The maximum absolute atomic E-state index is 10.0. The molecule has 0 fully saturated rings. The van der Waals surface area contributed by atoms with Gasteiger partial charge in [0.05, 0.1) is 0 Å². The Morgan fingerprint density at radius 1 is 1.36 bits per heavy atom. The van der Waals surface area contributed by atoms with Crippen LogP contribution in [0.4, 0.5) is 0 Å². The number of carboxylic acid groups (broad SMARTS) is 1. The first-order valence-electron chi connectivity index (χ1n) is 3.84. The van der Waals surface area contributed by atoms with E-state index in [1.807, 2.05) is 0 Å². The van der Waals surface area contributed by atoms with Crippen LogP contribution in [0.25, 0.3) is 0 Å². The molecule has 0 bridgehead atoms. The van der Waals surface area contributed by atoms with E-state index < -0.39 is 5.97 Å². The van der Waals surface area contributed by atoms with E-state index in [0.29, 0.717) is 12.3 Å². The summed E-state index contributed by atoms with van der Waals surface area (Å²) in [7, 11) is 0. The summed E-state index contributed by atoms with van der Waals surface area (Å²) < 4.78 is 0. The van der Waals surface area contributed by atoms with Crippen LogP contribution in [0.1, 0.15) is 39.5 Å². The molecule has 11 heavy (non-hydrogen) atoms. The average Bonchev–Trinajstić information content (AvgIpc) is 1.79. The van der Waals surface area contributed by atoms with Gasteiger partial charge in [0.1, 0.15) is 0 Å². The van der Waals surface area contributed by atoms with Crippen LogP contribution in [-0.4, -0.2) is 37.3 Å². The van der Waals surface area contributed by atoms with E-state index in [0.717, 1.165) is 19.3 Å². The van der Waals surface area contributed by atoms with E-state index in [2.05, 4.69) is 13.8 Å². The Hall–Kier alpha value is 0.353. The van der Waals surface area contributed by atoms with Crippen LogP contribution in [-0.2, 0) is 4.79 Å².